The van der Waals surface area contributed by atoms with Crippen LogP contribution in [0, 0.1) is 6.92 Å². The van der Waals surface area contributed by atoms with Gasteiger partial charge in [0, 0.05) is 22.8 Å². The van der Waals surface area contributed by atoms with Crippen molar-refractivity contribution in [2.75, 3.05) is 32.5 Å². The number of hydrogen-bond acceptors (Lipinski definition) is 5. The van der Waals surface area contributed by atoms with Crippen LogP contribution in [0.15, 0.2) is 42.5 Å². The van der Waals surface area contributed by atoms with E-state index in [1.165, 1.54) is 0 Å². The molecule has 2 aromatic heterocycles. The largest absolute Gasteiger partial charge is 0.369 e. The van der Waals surface area contributed by atoms with E-state index in [1.54, 1.807) is 0 Å². The number of aromatic nitrogens is 3. The summed E-state index contributed by atoms with van der Waals surface area (Å²) in [5.74, 6) is 1.31. The second kappa shape index (κ2) is 8.01. The zero-order chi connectivity index (χ0) is 20.4. The second-order valence-corrected chi connectivity index (χ2v) is 7.53. The van der Waals surface area contributed by atoms with Gasteiger partial charge in [0.25, 0.3) is 0 Å². The van der Waals surface area contributed by atoms with E-state index in [2.05, 4.69) is 29.3 Å². The van der Waals surface area contributed by atoms with Crippen molar-refractivity contribution in [3.63, 3.8) is 0 Å². The summed E-state index contributed by atoms with van der Waals surface area (Å²) in [4.78, 5) is 27.0. The van der Waals surface area contributed by atoms with Crippen molar-refractivity contribution in [2.45, 2.75) is 13.3 Å². The van der Waals surface area contributed by atoms with Crippen LogP contribution >= 0.6 is 0 Å². The van der Waals surface area contributed by atoms with Crippen LogP contribution in [0.2, 0.25) is 0 Å². The minimum absolute atomic E-state index is 0.525. The molecule has 0 aliphatic carbocycles. The van der Waals surface area contributed by atoms with E-state index in [4.69, 9.17) is 9.97 Å². The number of aryl methyl sites for hydroxylation is 1. The normalized spacial score (nSPS) is 11.4. The van der Waals surface area contributed by atoms with Crippen molar-refractivity contribution >= 4 is 33.9 Å². The Morgan fingerprint density at radius 1 is 1.10 bits per heavy atom. The highest BCUT2D eigenvalue weighted by Crippen LogP contribution is 2.31. The molecule has 2 heterocycles. The molecule has 0 spiro atoms. The SMILES string of the molecule is Cc1cccc2[nH]c(-c3nc(NCCCN(C)C)c4ccccc4n3)c(C=O)c12. The molecular weight excluding hydrogens is 362 g/mol. The first-order valence-corrected chi connectivity index (χ1v) is 9.80. The van der Waals surface area contributed by atoms with Gasteiger partial charge in [0.1, 0.15) is 5.82 Å². The number of hydrogen-bond donors (Lipinski definition) is 2. The fourth-order valence-corrected chi connectivity index (χ4v) is 3.68. The summed E-state index contributed by atoms with van der Waals surface area (Å²) >= 11 is 0. The summed E-state index contributed by atoms with van der Waals surface area (Å²) in [7, 11) is 4.13. The monoisotopic (exact) mass is 387 g/mol. The van der Waals surface area contributed by atoms with Crippen molar-refractivity contribution in [3.05, 3.63) is 53.6 Å². The van der Waals surface area contributed by atoms with E-state index in [9.17, 15) is 4.79 Å². The Morgan fingerprint density at radius 2 is 1.93 bits per heavy atom. The molecule has 0 radical (unpaired) electrons. The maximum Gasteiger partial charge on any atom is 0.179 e. The fourth-order valence-electron chi connectivity index (χ4n) is 3.68. The molecule has 0 unspecified atom stereocenters. The number of fused-ring (bicyclic) bond motifs is 2. The molecule has 0 saturated heterocycles. The molecule has 0 aliphatic heterocycles. The molecule has 6 nitrogen and oxygen atoms in total. The van der Waals surface area contributed by atoms with E-state index in [-0.39, 0.29) is 0 Å². The van der Waals surface area contributed by atoms with Gasteiger partial charge in [-0.15, -0.1) is 0 Å². The number of carbonyl (C=O) groups excluding carboxylic acids is 1. The van der Waals surface area contributed by atoms with E-state index < -0.39 is 0 Å². The Morgan fingerprint density at radius 3 is 2.72 bits per heavy atom. The third-order valence-electron chi connectivity index (χ3n) is 5.09. The number of anilines is 1. The number of H-pyrrole nitrogens is 1. The summed E-state index contributed by atoms with van der Waals surface area (Å²) in [6, 6.07) is 13.9. The van der Waals surface area contributed by atoms with E-state index in [0.717, 1.165) is 59.0 Å². The van der Waals surface area contributed by atoms with Crippen LogP contribution in [0.1, 0.15) is 22.3 Å². The van der Waals surface area contributed by atoms with Crippen LogP contribution in [-0.2, 0) is 0 Å². The molecule has 4 rings (SSSR count). The van der Waals surface area contributed by atoms with Crippen LogP contribution in [-0.4, -0.2) is 53.3 Å². The van der Waals surface area contributed by atoms with Gasteiger partial charge in [0.15, 0.2) is 12.1 Å². The average Bonchev–Trinajstić information content (AvgIpc) is 3.11. The van der Waals surface area contributed by atoms with Gasteiger partial charge in [-0.05, 0) is 57.7 Å². The van der Waals surface area contributed by atoms with Crippen LogP contribution in [0.5, 0.6) is 0 Å². The van der Waals surface area contributed by atoms with Crippen molar-refractivity contribution in [3.8, 4) is 11.5 Å². The minimum Gasteiger partial charge on any atom is -0.369 e. The molecule has 0 atom stereocenters. The number of aldehydes is 1. The topological polar surface area (TPSA) is 73.9 Å². The number of benzene rings is 2. The lowest BCUT2D eigenvalue weighted by molar-refractivity contribution is 0.112. The molecule has 0 aliphatic rings. The van der Waals surface area contributed by atoms with Crippen LogP contribution in [0.25, 0.3) is 33.3 Å². The van der Waals surface area contributed by atoms with Gasteiger partial charge < -0.3 is 15.2 Å². The fraction of sp³-hybridized carbons (Fsp3) is 0.261. The Balaban J connectivity index is 1.81. The zero-order valence-corrected chi connectivity index (χ0v) is 17.0. The molecule has 2 N–H and O–H groups in total. The summed E-state index contributed by atoms with van der Waals surface area (Å²) in [5.41, 5.74) is 4.08. The highest BCUT2D eigenvalue weighted by Gasteiger charge is 2.18. The molecule has 0 bridgehead atoms. The van der Waals surface area contributed by atoms with Gasteiger partial charge in [-0.3, -0.25) is 4.79 Å². The standard InChI is InChI=1S/C23H25N5O/c1-15-8-6-11-19-20(15)17(14-29)21(25-19)23-26-18-10-5-4-9-16(18)22(27-23)24-12-7-13-28(2)3/h4-6,8-11,14,25H,7,12-13H2,1-3H3,(H,24,26,27). The van der Waals surface area contributed by atoms with Crippen molar-refractivity contribution in [1.82, 2.24) is 19.9 Å². The highest BCUT2D eigenvalue weighted by atomic mass is 16.1. The molecule has 148 valence electrons. The Hall–Kier alpha value is -3.25. The Labute approximate surface area is 170 Å². The van der Waals surface area contributed by atoms with E-state index in [1.807, 2.05) is 49.4 Å². The molecule has 29 heavy (non-hydrogen) atoms. The predicted octanol–water partition coefficient (Wildman–Crippen LogP) is 4.26. The first-order chi connectivity index (χ1) is 14.1. The zero-order valence-electron chi connectivity index (χ0n) is 17.0. The van der Waals surface area contributed by atoms with Crippen molar-refractivity contribution in [1.29, 1.82) is 0 Å². The van der Waals surface area contributed by atoms with Crippen LogP contribution < -0.4 is 5.32 Å². The van der Waals surface area contributed by atoms with Gasteiger partial charge in [-0.2, -0.15) is 0 Å². The van der Waals surface area contributed by atoms with Crippen molar-refractivity contribution < 1.29 is 4.79 Å². The maximum absolute atomic E-state index is 12.0. The Kier molecular flexibility index (Phi) is 5.27. The summed E-state index contributed by atoms with van der Waals surface area (Å²) in [5, 5.41) is 5.35. The number of nitrogens with zero attached hydrogens (tertiary/aromatic N) is 3. The number of nitrogens with one attached hydrogen (secondary N) is 2. The lowest BCUT2D eigenvalue weighted by atomic mass is 10.1. The first-order valence-electron chi connectivity index (χ1n) is 9.80. The quantitative estimate of drug-likeness (QED) is 0.366. The van der Waals surface area contributed by atoms with E-state index >= 15 is 0 Å². The molecule has 0 amide bonds. The first kappa shape index (κ1) is 19.1. The maximum atomic E-state index is 12.0. The summed E-state index contributed by atoms with van der Waals surface area (Å²) in [6.07, 6.45) is 1.90. The molecule has 0 fully saturated rings. The van der Waals surface area contributed by atoms with Gasteiger partial charge in [-0.1, -0.05) is 24.3 Å². The minimum atomic E-state index is 0.525. The lowest BCUT2D eigenvalue weighted by Gasteiger charge is -2.12. The molecule has 0 saturated carbocycles. The number of carbonyl (C=O) groups is 1. The van der Waals surface area contributed by atoms with Crippen molar-refractivity contribution in [2.24, 2.45) is 0 Å². The average molecular weight is 387 g/mol. The number of para-hydroxylation sites is 1. The van der Waals surface area contributed by atoms with Crippen LogP contribution in [0.4, 0.5) is 5.82 Å². The smallest absolute Gasteiger partial charge is 0.179 e. The molecular formula is C23H25N5O. The van der Waals surface area contributed by atoms with Gasteiger partial charge in [0.05, 0.1) is 16.8 Å². The summed E-state index contributed by atoms with van der Waals surface area (Å²) < 4.78 is 0. The van der Waals surface area contributed by atoms with E-state index in [0.29, 0.717) is 17.1 Å². The second-order valence-electron chi connectivity index (χ2n) is 7.53. The highest BCUT2D eigenvalue weighted by molar-refractivity contribution is 6.05. The van der Waals surface area contributed by atoms with Gasteiger partial charge >= 0.3 is 0 Å². The third-order valence-corrected chi connectivity index (χ3v) is 5.09. The molecule has 6 heteroatoms. The Bertz CT molecular complexity index is 1180. The predicted molar refractivity (Wildman–Crippen MR) is 119 cm³/mol. The molecule has 4 aromatic rings. The van der Waals surface area contributed by atoms with Gasteiger partial charge in [-0.25, -0.2) is 9.97 Å². The number of rotatable bonds is 7. The summed E-state index contributed by atoms with van der Waals surface area (Å²) in [6.45, 7) is 3.82. The van der Waals surface area contributed by atoms with Gasteiger partial charge in [0.2, 0.25) is 0 Å². The number of aromatic amines is 1. The van der Waals surface area contributed by atoms with Crippen LogP contribution in [0.3, 0.4) is 0 Å². The third kappa shape index (κ3) is 3.71. The lowest BCUT2D eigenvalue weighted by Crippen LogP contribution is -2.17. The molecule has 2 aromatic carbocycles.